The minimum absolute atomic E-state index is 0.863. The van der Waals surface area contributed by atoms with Crippen LogP contribution in [0.3, 0.4) is 0 Å². The van der Waals surface area contributed by atoms with Crippen molar-refractivity contribution >= 4 is 49.8 Å². The summed E-state index contributed by atoms with van der Waals surface area (Å²) in [6.07, 6.45) is 0. The van der Waals surface area contributed by atoms with Crippen LogP contribution >= 0.6 is 0 Å². The molecule has 0 amide bonds. The van der Waals surface area contributed by atoms with Gasteiger partial charge in [-0.2, -0.15) is 0 Å². The predicted molar refractivity (Wildman–Crippen MR) is 253 cm³/mol. The van der Waals surface area contributed by atoms with Crippen LogP contribution in [0.2, 0.25) is 0 Å². The van der Waals surface area contributed by atoms with Gasteiger partial charge < -0.3 is 9.32 Å². The van der Waals surface area contributed by atoms with Crippen molar-refractivity contribution in [3.63, 3.8) is 0 Å². The van der Waals surface area contributed by atoms with Crippen molar-refractivity contribution in [1.29, 1.82) is 0 Å². The Morgan fingerprint density at radius 3 is 1.15 bits per heavy atom. The highest BCUT2D eigenvalue weighted by Crippen LogP contribution is 2.48. The third kappa shape index (κ3) is 6.41. The number of nitrogens with zero attached hydrogens (tertiary/aromatic N) is 1. The zero-order valence-electron chi connectivity index (χ0n) is 32.9. The van der Waals surface area contributed by atoms with E-state index in [0.29, 0.717) is 0 Å². The van der Waals surface area contributed by atoms with Crippen molar-refractivity contribution in [2.24, 2.45) is 0 Å². The number of hydrogen-bond donors (Lipinski definition) is 0. The van der Waals surface area contributed by atoms with Gasteiger partial charge in [0.2, 0.25) is 0 Å². The van der Waals surface area contributed by atoms with Crippen molar-refractivity contribution in [3.05, 3.63) is 237 Å². The third-order valence-electron chi connectivity index (χ3n) is 11.7. The Morgan fingerprint density at radius 1 is 0.283 bits per heavy atom. The molecule has 11 rings (SSSR count). The molecule has 0 aliphatic carbocycles. The first-order chi connectivity index (χ1) is 29.7. The van der Waals surface area contributed by atoms with E-state index in [1.54, 1.807) is 0 Å². The Morgan fingerprint density at radius 2 is 0.667 bits per heavy atom. The Balaban J connectivity index is 1.15. The molecule has 0 N–H and O–H groups in total. The summed E-state index contributed by atoms with van der Waals surface area (Å²) in [6.45, 7) is 0. The monoisotopic (exact) mass is 765 g/mol. The molecule has 0 atom stereocenters. The summed E-state index contributed by atoms with van der Waals surface area (Å²) in [4.78, 5) is 2.40. The summed E-state index contributed by atoms with van der Waals surface area (Å²) in [5.74, 6) is 0. The van der Waals surface area contributed by atoms with Gasteiger partial charge in [0.25, 0.3) is 0 Å². The Bertz CT molecular complexity index is 3160. The van der Waals surface area contributed by atoms with Gasteiger partial charge in [0, 0.05) is 32.9 Å². The largest absolute Gasteiger partial charge is 0.455 e. The number of furan rings is 1. The van der Waals surface area contributed by atoms with Crippen LogP contribution in [0.5, 0.6) is 0 Å². The van der Waals surface area contributed by atoms with Gasteiger partial charge >= 0.3 is 0 Å². The summed E-state index contributed by atoms with van der Waals surface area (Å²) >= 11 is 0. The molecule has 0 aliphatic rings. The first-order valence-corrected chi connectivity index (χ1v) is 20.5. The molecule has 0 spiro atoms. The van der Waals surface area contributed by atoms with Gasteiger partial charge in [0.1, 0.15) is 11.2 Å². The van der Waals surface area contributed by atoms with Gasteiger partial charge in [-0.25, -0.2) is 0 Å². The Labute approximate surface area is 349 Å². The molecule has 60 heavy (non-hydrogen) atoms. The van der Waals surface area contributed by atoms with E-state index in [1.165, 1.54) is 33.4 Å². The molecule has 0 saturated heterocycles. The summed E-state index contributed by atoms with van der Waals surface area (Å²) in [5.41, 5.74) is 16.6. The second-order valence-electron chi connectivity index (χ2n) is 15.3. The molecule has 2 nitrogen and oxygen atoms in total. The minimum Gasteiger partial charge on any atom is -0.455 e. The maximum atomic E-state index is 7.04. The third-order valence-corrected chi connectivity index (χ3v) is 11.7. The second-order valence-corrected chi connectivity index (χ2v) is 15.3. The van der Waals surface area contributed by atoms with Gasteiger partial charge in [0.15, 0.2) is 0 Å². The average molecular weight is 766 g/mol. The highest BCUT2D eigenvalue weighted by molar-refractivity contribution is 6.23. The van der Waals surface area contributed by atoms with Gasteiger partial charge in [-0.3, -0.25) is 0 Å². The van der Waals surface area contributed by atoms with Crippen molar-refractivity contribution in [1.82, 2.24) is 0 Å². The highest BCUT2D eigenvalue weighted by Gasteiger charge is 2.23. The average Bonchev–Trinajstić information content (AvgIpc) is 3.72. The van der Waals surface area contributed by atoms with Crippen LogP contribution in [0.25, 0.3) is 88.3 Å². The maximum Gasteiger partial charge on any atom is 0.143 e. The minimum atomic E-state index is 0.863. The lowest BCUT2D eigenvalue weighted by Gasteiger charge is -2.27. The SMILES string of the molecule is c1ccc(-c2ccc(-c3cc(-c4ccccc4)cc4oc5c6ccccc6c(N(c6ccc(-c7ccccc7)cc6)c6ccc(-c7ccccc7)cc6)cc5c34)cc2)cc1. The number of hydrogen-bond acceptors (Lipinski definition) is 2. The molecule has 1 aromatic heterocycles. The van der Waals surface area contributed by atoms with Crippen LogP contribution in [-0.4, -0.2) is 0 Å². The lowest BCUT2D eigenvalue weighted by Crippen LogP contribution is -2.10. The number of fused-ring (bicyclic) bond motifs is 5. The molecule has 0 saturated carbocycles. The summed E-state index contributed by atoms with van der Waals surface area (Å²) in [5, 5.41) is 4.36. The molecule has 0 unspecified atom stereocenters. The molecule has 10 aromatic carbocycles. The van der Waals surface area contributed by atoms with Crippen LogP contribution in [0.4, 0.5) is 17.1 Å². The van der Waals surface area contributed by atoms with Crippen LogP contribution in [0, 0.1) is 0 Å². The van der Waals surface area contributed by atoms with Gasteiger partial charge in [-0.15, -0.1) is 0 Å². The lowest BCUT2D eigenvalue weighted by molar-refractivity contribution is 0.673. The quantitative estimate of drug-likeness (QED) is 0.153. The van der Waals surface area contributed by atoms with Crippen molar-refractivity contribution < 1.29 is 4.42 Å². The van der Waals surface area contributed by atoms with Crippen LogP contribution in [0.1, 0.15) is 0 Å². The van der Waals surface area contributed by atoms with E-state index in [9.17, 15) is 0 Å². The fraction of sp³-hybridized carbons (Fsp3) is 0. The summed E-state index contributed by atoms with van der Waals surface area (Å²) in [7, 11) is 0. The van der Waals surface area contributed by atoms with E-state index in [2.05, 4.69) is 241 Å². The zero-order valence-corrected chi connectivity index (χ0v) is 32.9. The fourth-order valence-corrected chi connectivity index (χ4v) is 8.69. The van der Waals surface area contributed by atoms with Crippen molar-refractivity contribution in [2.75, 3.05) is 4.90 Å². The summed E-state index contributed by atoms with van der Waals surface area (Å²) in [6, 6.07) is 84.7. The molecular weight excluding hydrogens is 727 g/mol. The van der Waals surface area contributed by atoms with Crippen molar-refractivity contribution in [3.8, 4) is 55.6 Å². The van der Waals surface area contributed by atoms with E-state index in [1.807, 2.05) is 0 Å². The molecular formula is C58H39NO. The molecule has 0 bridgehead atoms. The Kier molecular flexibility index (Phi) is 8.87. The van der Waals surface area contributed by atoms with Gasteiger partial charge in [-0.1, -0.05) is 194 Å². The molecule has 2 heteroatoms. The van der Waals surface area contributed by atoms with E-state index in [4.69, 9.17) is 4.42 Å². The van der Waals surface area contributed by atoms with Crippen LogP contribution in [-0.2, 0) is 0 Å². The van der Waals surface area contributed by atoms with E-state index in [0.717, 1.165) is 72.0 Å². The van der Waals surface area contributed by atoms with E-state index < -0.39 is 0 Å². The Hall–Kier alpha value is -7.94. The normalized spacial score (nSPS) is 11.3. The highest BCUT2D eigenvalue weighted by atomic mass is 16.3. The number of benzene rings is 10. The predicted octanol–water partition coefficient (Wildman–Crippen LogP) is 16.5. The molecule has 282 valence electrons. The number of anilines is 3. The fourth-order valence-electron chi connectivity index (χ4n) is 8.69. The molecule has 0 fully saturated rings. The molecule has 0 radical (unpaired) electrons. The van der Waals surface area contributed by atoms with E-state index in [-0.39, 0.29) is 0 Å². The topological polar surface area (TPSA) is 16.4 Å². The molecule has 0 aliphatic heterocycles. The lowest BCUT2D eigenvalue weighted by atomic mass is 9.92. The standard InChI is InChI=1S/C58H39NO/c1-5-15-40(16-6-1)44-25-27-47(28-26-44)53-37-48(43-21-11-4-12-22-43)38-56-57(53)54-39-55(51-23-13-14-24-52(51)58(54)60-56)59(49-33-29-45(30-34-49)41-17-7-2-8-18-41)50-35-31-46(32-36-50)42-19-9-3-10-20-42/h1-39H. The molecule has 11 aromatic rings. The van der Waals surface area contributed by atoms with E-state index >= 15 is 0 Å². The number of rotatable bonds is 8. The van der Waals surface area contributed by atoms with Crippen LogP contribution < -0.4 is 4.90 Å². The first kappa shape index (κ1) is 35.2. The smallest absolute Gasteiger partial charge is 0.143 e. The molecule has 1 heterocycles. The van der Waals surface area contributed by atoms with Crippen molar-refractivity contribution in [2.45, 2.75) is 0 Å². The van der Waals surface area contributed by atoms with Gasteiger partial charge in [-0.05, 0) is 98.1 Å². The first-order valence-electron chi connectivity index (χ1n) is 20.5. The zero-order chi connectivity index (χ0) is 39.8. The second kappa shape index (κ2) is 15.1. The summed E-state index contributed by atoms with van der Waals surface area (Å²) < 4.78 is 7.04. The van der Waals surface area contributed by atoms with Gasteiger partial charge in [0.05, 0.1) is 5.69 Å². The van der Waals surface area contributed by atoms with Crippen LogP contribution in [0.15, 0.2) is 241 Å². The maximum absolute atomic E-state index is 7.04.